The Hall–Kier alpha value is -8.26. The molecule has 0 saturated carbocycles. The van der Waals surface area contributed by atoms with E-state index in [1.807, 2.05) is 0 Å². The van der Waals surface area contributed by atoms with E-state index in [0.29, 0.717) is 0 Å². The minimum absolute atomic E-state index is 0.00606. The van der Waals surface area contributed by atoms with Crippen molar-refractivity contribution >= 4 is 38.6 Å². The molecule has 0 bridgehead atoms. The minimum Gasteiger partial charge on any atom is -0.310 e. The molecule has 4 aliphatic carbocycles. The molecular formula is C104H119N. The minimum atomic E-state index is -0.195. The second kappa shape index (κ2) is 30.9. The Morgan fingerprint density at radius 3 is 0.810 bits per heavy atom. The molecule has 0 fully saturated rings. The van der Waals surface area contributed by atoms with E-state index in [9.17, 15) is 0 Å². The molecule has 0 aliphatic heterocycles. The van der Waals surface area contributed by atoms with Gasteiger partial charge in [-0.25, -0.2) is 0 Å². The lowest BCUT2D eigenvalue weighted by Crippen LogP contribution is -2.27. The molecule has 0 amide bonds. The van der Waals surface area contributed by atoms with Gasteiger partial charge in [0.15, 0.2) is 0 Å². The number of benzene rings is 11. The van der Waals surface area contributed by atoms with Gasteiger partial charge in [0.2, 0.25) is 0 Å². The predicted octanol–water partition coefficient (Wildman–Crippen LogP) is 31.6. The lowest BCUT2D eigenvalue weighted by Gasteiger charge is -2.36. The molecule has 0 radical (unpaired) electrons. The molecule has 105 heavy (non-hydrogen) atoms. The van der Waals surface area contributed by atoms with Gasteiger partial charge in [0.05, 0.1) is 0 Å². The monoisotopic (exact) mass is 1380 g/mol. The van der Waals surface area contributed by atoms with Gasteiger partial charge < -0.3 is 4.90 Å². The van der Waals surface area contributed by atoms with Gasteiger partial charge >= 0.3 is 0 Å². The molecule has 0 spiro atoms. The molecule has 11 aromatic rings. The Balaban J connectivity index is 0.938. The molecule has 0 N–H and O–H groups in total. The average molecular weight is 1380 g/mol. The highest BCUT2D eigenvalue weighted by molar-refractivity contribution is 6.21. The smallest absolute Gasteiger partial charge is 0.0465 e. The van der Waals surface area contributed by atoms with Crippen LogP contribution in [0.15, 0.2) is 200 Å². The van der Waals surface area contributed by atoms with Gasteiger partial charge in [-0.2, -0.15) is 0 Å². The van der Waals surface area contributed by atoms with Gasteiger partial charge in [0, 0.05) is 38.7 Å². The van der Waals surface area contributed by atoms with Crippen LogP contribution in [0.4, 0.5) is 17.1 Å². The summed E-state index contributed by atoms with van der Waals surface area (Å²) in [4.78, 5) is 2.77. The molecule has 0 aromatic heterocycles. The summed E-state index contributed by atoms with van der Waals surface area (Å²) in [6.07, 6.45) is 33.6. The Morgan fingerprint density at radius 1 is 0.219 bits per heavy atom. The van der Waals surface area contributed by atoms with Crippen LogP contribution in [-0.2, 0) is 21.7 Å². The van der Waals surface area contributed by atoms with Crippen LogP contribution in [0.25, 0.3) is 88.3 Å². The van der Waals surface area contributed by atoms with Crippen molar-refractivity contribution in [2.75, 3.05) is 4.90 Å². The van der Waals surface area contributed by atoms with Gasteiger partial charge in [0.25, 0.3) is 0 Å². The Kier molecular flexibility index (Phi) is 21.3. The SMILES string of the molecule is CCCCCCC1(CCCCCC)c2cc(-c3c4ccccc4c(-c4ccc5c(c4)C(CCCC)(CCCC)c4ccccc4-5)c4ccccc34)ccc2-c2ccc(N(c3ccc4c(c3)C(CCCC)(CCCC)c3cc(C)ccc3-4)c3ccc4c(c3)C(CCCC)(CCCC)c3cc(C)ccc3-4)cc21. The molecule has 0 heterocycles. The molecule has 1 heteroatoms. The zero-order chi connectivity index (χ0) is 72.5. The highest BCUT2D eigenvalue weighted by atomic mass is 15.1. The molecule has 0 saturated heterocycles. The van der Waals surface area contributed by atoms with Crippen molar-refractivity contribution in [3.63, 3.8) is 0 Å². The number of anilines is 3. The quantitative estimate of drug-likeness (QED) is 0.0293. The number of rotatable bonds is 33. The van der Waals surface area contributed by atoms with Gasteiger partial charge in [-0.3, -0.25) is 0 Å². The van der Waals surface area contributed by atoms with Crippen molar-refractivity contribution in [1.29, 1.82) is 0 Å². The highest BCUT2D eigenvalue weighted by Crippen LogP contribution is 2.62. The molecular weight excluding hydrogens is 1260 g/mol. The fourth-order valence-corrected chi connectivity index (χ4v) is 21.3. The second-order valence-corrected chi connectivity index (χ2v) is 33.1. The van der Waals surface area contributed by atoms with Crippen LogP contribution in [0.2, 0.25) is 0 Å². The van der Waals surface area contributed by atoms with Gasteiger partial charge in [0.1, 0.15) is 0 Å². The van der Waals surface area contributed by atoms with E-state index >= 15 is 0 Å². The third-order valence-electron chi connectivity index (χ3n) is 26.6. The zero-order valence-corrected chi connectivity index (χ0v) is 65.8. The summed E-state index contributed by atoms with van der Waals surface area (Å²) in [7, 11) is 0. The molecule has 4 aliphatic rings. The van der Waals surface area contributed by atoms with E-state index in [1.54, 1.807) is 27.8 Å². The molecule has 1 nitrogen and oxygen atoms in total. The van der Waals surface area contributed by atoms with Gasteiger partial charge in [-0.1, -0.05) is 347 Å². The maximum Gasteiger partial charge on any atom is 0.0465 e. The first-order valence-corrected chi connectivity index (χ1v) is 42.3. The van der Waals surface area contributed by atoms with Crippen LogP contribution < -0.4 is 4.90 Å². The van der Waals surface area contributed by atoms with Crippen molar-refractivity contribution in [1.82, 2.24) is 0 Å². The summed E-state index contributed by atoms with van der Waals surface area (Å²) < 4.78 is 0. The maximum atomic E-state index is 2.77. The van der Waals surface area contributed by atoms with Crippen molar-refractivity contribution in [3.8, 4) is 66.8 Å². The van der Waals surface area contributed by atoms with E-state index < -0.39 is 0 Å². The van der Waals surface area contributed by atoms with Gasteiger partial charge in [-0.15, -0.1) is 0 Å². The van der Waals surface area contributed by atoms with Crippen molar-refractivity contribution in [2.45, 2.75) is 271 Å². The number of hydrogen-bond acceptors (Lipinski definition) is 1. The highest BCUT2D eigenvalue weighted by Gasteiger charge is 2.48. The summed E-state index contributed by atoms with van der Waals surface area (Å²) in [5, 5.41) is 5.35. The fraction of sp³-hybridized carbons (Fsp3) is 0.404. The standard InChI is InChI=1S/C104H119N/c1-11-19-27-35-63-104(64-36-28-20-12-2)95-68-75(100-89-40-31-29-38-87(89)99(88-39-30-32-41-90(88)100)74-45-52-82-79-37-33-34-42-91(79)101(57-21-13-3,58-22-14-4)94(82)67-74)46-53-83(95)86-56-49-78(71-98(86)104)105(76-47-54-84-80-50-43-72(9)65-92(80)102(59-23-15-5,60-24-16-6)96(84)69-76)77-48-55-85-81-51-44-73(10)66-93(81)103(61-25-17-7,62-26-18-8)97(85)70-77/h29-34,37-56,65-71H,11-28,35-36,57-64H2,1-10H3. The summed E-state index contributed by atoms with van der Waals surface area (Å²) in [5.74, 6) is 0. The number of aryl methyl sites for hydroxylation is 2. The molecule has 0 unspecified atom stereocenters. The van der Waals surface area contributed by atoms with E-state index in [2.05, 4.69) is 274 Å². The average Bonchev–Trinajstić information content (AvgIpc) is 1.60. The van der Waals surface area contributed by atoms with Crippen molar-refractivity contribution in [2.24, 2.45) is 0 Å². The van der Waals surface area contributed by atoms with E-state index in [-0.39, 0.29) is 21.7 Å². The second-order valence-electron chi connectivity index (χ2n) is 33.1. The van der Waals surface area contributed by atoms with Gasteiger partial charge in [-0.05, 0) is 247 Å². The number of fused-ring (bicyclic) bond motifs is 14. The van der Waals surface area contributed by atoms with Crippen molar-refractivity contribution < 1.29 is 0 Å². The Bertz CT molecular complexity index is 4750. The summed E-state index contributed by atoms with van der Waals surface area (Å²) >= 11 is 0. The number of hydrogen-bond donors (Lipinski definition) is 0. The largest absolute Gasteiger partial charge is 0.310 e. The fourth-order valence-electron chi connectivity index (χ4n) is 21.3. The third kappa shape index (κ3) is 12.5. The van der Waals surface area contributed by atoms with Crippen LogP contribution in [-0.4, -0.2) is 0 Å². The first-order chi connectivity index (χ1) is 51.5. The predicted molar refractivity (Wildman–Crippen MR) is 456 cm³/mol. The first kappa shape index (κ1) is 72.3. The van der Waals surface area contributed by atoms with Crippen LogP contribution in [0.1, 0.15) is 291 Å². The van der Waals surface area contributed by atoms with E-state index in [1.165, 1.54) is 300 Å². The van der Waals surface area contributed by atoms with Crippen LogP contribution in [0.3, 0.4) is 0 Å². The topological polar surface area (TPSA) is 3.24 Å². The third-order valence-corrected chi connectivity index (χ3v) is 26.6. The summed E-state index contributed by atoms with van der Waals surface area (Å²) in [5.41, 5.74) is 35.6. The molecule has 0 atom stereocenters. The van der Waals surface area contributed by atoms with Crippen LogP contribution >= 0.6 is 0 Å². The molecule has 540 valence electrons. The molecule has 15 rings (SSSR count). The Morgan fingerprint density at radius 2 is 0.476 bits per heavy atom. The first-order valence-electron chi connectivity index (χ1n) is 42.3. The van der Waals surface area contributed by atoms with Crippen LogP contribution in [0.5, 0.6) is 0 Å². The van der Waals surface area contributed by atoms with Crippen molar-refractivity contribution in [3.05, 3.63) is 256 Å². The molecule has 11 aromatic carbocycles. The van der Waals surface area contributed by atoms with E-state index in [4.69, 9.17) is 0 Å². The van der Waals surface area contributed by atoms with E-state index in [0.717, 1.165) is 12.8 Å². The summed E-state index contributed by atoms with van der Waals surface area (Å²) in [6.45, 7) is 23.7. The zero-order valence-electron chi connectivity index (χ0n) is 65.8. The van der Waals surface area contributed by atoms with Crippen LogP contribution in [0, 0.1) is 13.8 Å². The lowest BCUT2D eigenvalue weighted by molar-refractivity contribution is 0.401. The Labute approximate surface area is 632 Å². The maximum absolute atomic E-state index is 2.77. The number of unbranched alkanes of at least 4 members (excludes halogenated alkanes) is 12. The summed E-state index contributed by atoms with van der Waals surface area (Å²) in [6, 6.07) is 82.3. The number of nitrogens with zero attached hydrogens (tertiary/aromatic N) is 1. The normalized spacial score (nSPS) is 14.8. The lowest BCUT2D eigenvalue weighted by atomic mass is 9.70.